The molecule has 128 valence electrons. The highest BCUT2D eigenvalue weighted by Crippen LogP contribution is 2.21. The molecule has 1 aliphatic heterocycles. The van der Waals surface area contributed by atoms with Gasteiger partial charge < -0.3 is 19.5 Å². The van der Waals surface area contributed by atoms with E-state index in [9.17, 15) is 4.79 Å². The first-order valence-electron chi connectivity index (χ1n) is 8.12. The zero-order valence-corrected chi connectivity index (χ0v) is 14.3. The number of benzene rings is 1. The fraction of sp³-hybridized carbons (Fsp3) is 0.471. The van der Waals surface area contributed by atoms with E-state index < -0.39 is 0 Å². The molecule has 1 aromatic heterocycles. The maximum absolute atomic E-state index is 12.6. The Kier molecular flexibility index (Phi) is 4.80. The van der Waals surface area contributed by atoms with Crippen molar-refractivity contribution in [2.45, 2.75) is 26.0 Å². The molecule has 7 nitrogen and oxygen atoms in total. The number of rotatable bonds is 3. The predicted molar refractivity (Wildman–Crippen MR) is 89.4 cm³/mol. The van der Waals surface area contributed by atoms with Crippen LogP contribution in [0.25, 0.3) is 0 Å². The zero-order valence-electron chi connectivity index (χ0n) is 14.3. The summed E-state index contributed by atoms with van der Waals surface area (Å²) in [5.41, 5.74) is 2.30. The molecule has 2 aromatic rings. The normalized spacial score (nSPS) is 19.1. The molecule has 0 aliphatic carbocycles. The topological polar surface area (TPSA) is 72.3 Å². The second-order valence-electron chi connectivity index (χ2n) is 6.13. The van der Waals surface area contributed by atoms with Crippen molar-refractivity contribution in [3.05, 3.63) is 47.5 Å². The summed E-state index contributed by atoms with van der Waals surface area (Å²) < 4.78 is 7.57. The van der Waals surface area contributed by atoms with Gasteiger partial charge in [-0.15, -0.1) is 10.2 Å². The van der Waals surface area contributed by atoms with Crippen molar-refractivity contribution < 1.29 is 9.53 Å². The third-order valence-corrected chi connectivity index (χ3v) is 4.38. The van der Waals surface area contributed by atoms with Crippen LogP contribution < -0.4 is 5.32 Å². The monoisotopic (exact) mass is 329 g/mol. The minimum atomic E-state index is -0.245. The van der Waals surface area contributed by atoms with Crippen LogP contribution >= 0.6 is 0 Å². The number of nitrogens with one attached hydrogen (secondary N) is 1. The van der Waals surface area contributed by atoms with E-state index in [2.05, 4.69) is 28.5 Å². The van der Waals surface area contributed by atoms with Crippen LogP contribution in [0.4, 0.5) is 4.79 Å². The predicted octanol–water partition coefficient (Wildman–Crippen LogP) is 1.97. The molecule has 1 saturated heterocycles. The summed E-state index contributed by atoms with van der Waals surface area (Å²) in [5, 5.41) is 11.0. The fourth-order valence-electron chi connectivity index (χ4n) is 3.00. The Labute approximate surface area is 141 Å². The number of morpholine rings is 1. The maximum Gasteiger partial charge on any atom is 0.318 e. The van der Waals surface area contributed by atoms with E-state index >= 15 is 0 Å². The number of amides is 2. The molecule has 24 heavy (non-hydrogen) atoms. The summed E-state index contributed by atoms with van der Waals surface area (Å²) in [6, 6.07) is 7.96. The van der Waals surface area contributed by atoms with Crippen LogP contribution in [0.2, 0.25) is 0 Å². The van der Waals surface area contributed by atoms with Crippen molar-refractivity contribution in [1.29, 1.82) is 0 Å². The van der Waals surface area contributed by atoms with Gasteiger partial charge in [-0.1, -0.05) is 24.3 Å². The number of ether oxygens (including phenoxy) is 1. The number of aromatic nitrogens is 3. The molecule has 7 heteroatoms. The van der Waals surface area contributed by atoms with Gasteiger partial charge in [-0.3, -0.25) is 0 Å². The Morgan fingerprint density at radius 3 is 2.92 bits per heavy atom. The molecule has 0 radical (unpaired) electrons. The SMILES string of the molecule is Cc1ccccc1[C@H](C)NC(=O)N1CCO[C@H](c2nncn2C)C1. The zero-order chi connectivity index (χ0) is 17.1. The Hall–Kier alpha value is -2.41. The lowest BCUT2D eigenvalue weighted by atomic mass is 10.0. The lowest BCUT2D eigenvalue weighted by Gasteiger charge is -2.33. The van der Waals surface area contributed by atoms with Crippen LogP contribution in [-0.2, 0) is 11.8 Å². The highest BCUT2D eigenvalue weighted by Gasteiger charge is 2.28. The lowest BCUT2D eigenvalue weighted by molar-refractivity contribution is -0.0217. The number of hydrogen-bond acceptors (Lipinski definition) is 4. The van der Waals surface area contributed by atoms with E-state index in [0.717, 1.165) is 11.4 Å². The first-order chi connectivity index (χ1) is 11.6. The Balaban J connectivity index is 1.64. The summed E-state index contributed by atoms with van der Waals surface area (Å²) >= 11 is 0. The molecule has 1 aliphatic rings. The first-order valence-corrected chi connectivity index (χ1v) is 8.12. The van der Waals surface area contributed by atoms with Crippen LogP contribution in [0.15, 0.2) is 30.6 Å². The molecule has 1 aromatic carbocycles. The van der Waals surface area contributed by atoms with E-state index in [-0.39, 0.29) is 18.2 Å². The number of aryl methyl sites for hydroxylation is 2. The van der Waals surface area contributed by atoms with Crippen LogP contribution in [-0.4, -0.2) is 45.4 Å². The summed E-state index contributed by atoms with van der Waals surface area (Å²) in [6.45, 7) is 5.58. The van der Waals surface area contributed by atoms with E-state index in [4.69, 9.17) is 4.74 Å². The van der Waals surface area contributed by atoms with Gasteiger partial charge in [-0.2, -0.15) is 0 Å². The highest BCUT2D eigenvalue weighted by atomic mass is 16.5. The Morgan fingerprint density at radius 2 is 2.21 bits per heavy atom. The molecule has 0 spiro atoms. The van der Waals surface area contributed by atoms with Gasteiger partial charge in [0.2, 0.25) is 0 Å². The Morgan fingerprint density at radius 1 is 1.42 bits per heavy atom. The van der Waals surface area contributed by atoms with Gasteiger partial charge >= 0.3 is 6.03 Å². The van der Waals surface area contributed by atoms with E-state index in [0.29, 0.717) is 19.7 Å². The minimum absolute atomic E-state index is 0.0465. The third kappa shape index (κ3) is 3.41. The van der Waals surface area contributed by atoms with Crippen molar-refractivity contribution in [1.82, 2.24) is 25.0 Å². The van der Waals surface area contributed by atoms with Gasteiger partial charge in [0.05, 0.1) is 19.2 Å². The average molecular weight is 329 g/mol. The lowest BCUT2D eigenvalue weighted by Crippen LogP contribution is -2.48. The quantitative estimate of drug-likeness (QED) is 0.934. The molecule has 2 atom stereocenters. The van der Waals surface area contributed by atoms with Crippen LogP contribution in [0.3, 0.4) is 0 Å². The smallest absolute Gasteiger partial charge is 0.318 e. The second kappa shape index (κ2) is 7.00. The van der Waals surface area contributed by atoms with E-state index in [1.165, 1.54) is 5.56 Å². The number of hydrogen-bond donors (Lipinski definition) is 1. The largest absolute Gasteiger partial charge is 0.366 e. The van der Waals surface area contributed by atoms with E-state index in [1.807, 2.05) is 36.7 Å². The van der Waals surface area contributed by atoms with Crippen molar-refractivity contribution in [2.75, 3.05) is 19.7 Å². The number of carbonyl (C=O) groups is 1. The average Bonchev–Trinajstić information content (AvgIpc) is 3.01. The van der Waals surface area contributed by atoms with E-state index in [1.54, 1.807) is 11.2 Å². The van der Waals surface area contributed by atoms with Crippen molar-refractivity contribution >= 4 is 6.03 Å². The molecular formula is C17H23N5O2. The fourth-order valence-corrected chi connectivity index (χ4v) is 3.00. The molecule has 1 N–H and O–H groups in total. The molecule has 2 amide bonds. The second-order valence-corrected chi connectivity index (χ2v) is 6.13. The van der Waals surface area contributed by atoms with Gasteiger partial charge in [-0.05, 0) is 25.0 Å². The number of nitrogens with zero attached hydrogens (tertiary/aromatic N) is 4. The summed E-state index contributed by atoms with van der Waals surface area (Å²) in [6.07, 6.45) is 1.39. The molecule has 0 bridgehead atoms. The van der Waals surface area contributed by atoms with Gasteiger partial charge in [0, 0.05) is 13.6 Å². The standard InChI is InChI=1S/C17H23N5O2/c1-12-6-4-5-7-14(12)13(2)19-17(23)22-8-9-24-15(10-22)16-20-18-11-21(16)3/h4-7,11,13,15H,8-10H2,1-3H3,(H,19,23)/t13-,15-/m0/s1. The summed E-state index contributed by atoms with van der Waals surface area (Å²) in [7, 11) is 1.87. The van der Waals surface area contributed by atoms with Crippen molar-refractivity contribution in [2.24, 2.45) is 7.05 Å². The third-order valence-electron chi connectivity index (χ3n) is 4.38. The van der Waals surface area contributed by atoms with Crippen LogP contribution in [0.1, 0.15) is 36.0 Å². The van der Waals surface area contributed by atoms with Gasteiger partial charge in [0.15, 0.2) is 5.82 Å². The van der Waals surface area contributed by atoms with Gasteiger partial charge in [-0.25, -0.2) is 4.79 Å². The molecule has 2 heterocycles. The molecule has 0 unspecified atom stereocenters. The molecule has 0 saturated carbocycles. The molecular weight excluding hydrogens is 306 g/mol. The van der Waals surface area contributed by atoms with Crippen molar-refractivity contribution in [3.8, 4) is 0 Å². The number of urea groups is 1. The first kappa shape index (κ1) is 16.4. The summed E-state index contributed by atoms with van der Waals surface area (Å²) in [5.74, 6) is 0.736. The van der Waals surface area contributed by atoms with Crippen LogP contribution in [0.5, 0.6) is 0 Å². The Bertz CT molecular complexity index is 715. The van der Waals surface area contributed by atoms with Gasteiger partial charge in [0.25, 0.3) is 0 Å². The van der Waals surface area contributed by atoms with Crippen LogP contribution in [0, 0.1) is 6.92 Å². The van der Waals surface area contributed by atoms with Crippen molar-refractivity contribution in [3.63, 3.8) is 0 Å². The highest BCUT2D eigenvalue weighted by molar-refractivity contribution is 5.75. The summed E-state index contributed by atoms with van der Waals surface area (Å²) in [4.78, 5) is 14.4. The van der Waals surface area contributed by atoms with Gasteiger partial charge in [0.1, 0.15) is 12.4 Å². The number of carbonyl (C=O) groups excluding carboxylic acids is 1. The minimum Gasteiger partial charge on any atom is -0.366 e. The maximum atomic E-state index is 12.6. The molecule has 1 fully saturated rings. The molecule has 3 rings (SSSR count).